The van der Waals surface area contributed by atoms with Gasteiger partial charge in [-0.15, -0.1) is 0 Å². The molecule has 17 heavy (non-hydrogen) atoms. The van der Waals surface area contributed by atoms with Crippen LogP contribution in [0.5, 0.6) is 5.75 Å². The van der Waals surface area contributed by atoms with Gasteiger partial charge in [-0.05, 0) is 26.0 Å². The third-order valence-corrected chi connectivity index (χ3v) is 2.36. The molecule has 0 aliphatic carbocycles. The number of ether oxygens (including phenoxy) is 2. The lowest BCUT2D eigenvalue weighted by molar-refractivity contribution is -0.164. The Morgan fingerprint density at radius 1 is 1.53 bits per heavy atom. The van der Waals surface area contributed by atoms with Gasteiger partial charge in [-0.1, -0.05) is 6.07 Å². The molecular weight excluding hydrogens is 227 g/mol. The Morgan fingerprint density at radius 2 is 2.18 bits per heavy atom. The molecule has 1 aromatic rings. The van der Waals surface area contributed by atoms with E-state index in [1.165, 1.54) is 26.2 Å². The van der Waals surface area contributed by atoms with Gasteiger partial charge < -0.3 is 14.6 Å². The van der Waals surface area contributed by atoms with Gasteiger partial charge in [0.2, 0.25) is 0 Å². The zero-order valence-corrected chi connectivity index (χ0v) is 9.99. The van der Waals surface area contributed by atoms with Gasteiger partial charge in [0.1, 0.15) is 11.6 Å². The summed E-state index contributed by atoms with van der Waals surface area (Å²) in [6.45, 7) is 2.88. The van der Waals surface area contributed by atoms with E-state index in [2.05, 4.69) is 0 Å². The fourth-order valence-electron chi connectivity index (χ4n) is 1.52. The monoisotopic (exact) mass is 242 g/mol. The highest BCUT2D eigenvalue weighted by Crippen LogP contribution is 2.33. The number of hydrogen-bond acceptors (Lipinski definition) is 4. The molecular formula is C12H15FO4. The molecule has 5 heteroatoms. The van der Waals surface area contributed by atoms with Crippen molar-refractivity contribution in [3.8, 4) is 5.75 Å². The van der Waals surface area contributed by atoms with Crippen molar-refractivity contribution in [3.63, 3.8) is 0 Å². The van der Waals surface area contributed by atoms with Crippen LogP contribution in [-0.2, 0) is 15.1 Å². The number of esters is 1. The average Bonchev–Trinajstić information content (AvgIpc) is 2.28. The Balaban J connectivity index is 3.26. The zero-order chi connectivity index (χ0) is 13.1. The van der Waals surface area contributed by atoms with Crippen LogP contribution in [0.15, 0.2) is 18.2 Å². The zero-order valence-electron chi connectivity index (χ0n) is 9.99. The van der Waals surface area contributed by atoms with E-state index in [-0.39, 0.29) is 17.9 Å². The van der Waals surface area contributed by atoms with Crippen molar-refractivity contribution in [1.82, 2.24) is 0 Å². The summed E-state index contributed by atoms with van der Waals surface area (Å²) in [5, 5.41) is 10.1. The molecule has 0 aliphatic heterocycles. The molecule has 1 rings (SSSR count). The van der Waals surface area contributed by atoms with E-state index < -0.39 is 17.4 Å². The summed E-state index contributed by atoms with van der Waals surface area (Å²) < 4.78 is 23.3. The van der Waals surface area contributed by atoms with Gasteiger partial charge in [0.05, 0.1) is 19.3 Å². The van der Waals surface area contributed by atoms with E-state index >= 15 is 0 Å². The molecule has 0 saturated carbocycles. The quantitative estimate of drug-likeness (QED) is 0.815. The van der Waals surface area contributed by atoms with Crippen LogP contribution in [-0.4, -0.2) is 24.8 Å². The molecule has 1 aromatic carbocycles. The standard InChI is InChI=1S/C12H15FO4/c1-4-17-11(14)12(2,15)10-8(13)6-5-7-9(10)16-3/h5-7,15H,4H2,1-3H3. The van der Waals surface area contributed by atoms with E-state index in [1.807, 2.05) is 0 Å². The van der Waals surface area contributed by atoms with Gasteiger partial charge in [0, 0.05) is 0 Å². The normalized spacial score (nSPS) is 13.9. The van der Waals surface area contributed by atoms with Crippen LogP contribution in [0.2, 0.25) is 0 Å². The fraction of sp³-hybridized carbons (Fsp3) is 0.417. The van der Waals surface area contributed by atoms with Crippen LogP contribution in [0, 0.1) is 5.82 Å². The van der Waals surface area contributed by atoms with Gasteiger partial charge in [-0.3, -0.25) is 0 Å². The molecule has 94 valence electrons. The second-order valence-corrected chi connectivity index (χ2v) is 3.61. The number of hydrogen-bond donors (Lipinski definition) is 1. The fourth-order valence-corrected chi connectivity index (χ4v) is 1.52. The summed E-state index contributed by atoms with van der Waals surface area (Å²) >= 11 is 0. The van der Waals surface area contributed by atoms with Crippen LogP contribution < -0.4 is 4.74 Å². The van der Waals surface area contributed by atoms with Crippen molar-refractivity contribution < 1.29 is 23.8 Å². The summed E-state index contributed by atoms with van der Waals surface area (Å²) in [7, 11) is 1.33. The summed E-state index contributed by atoms with van der Waals surface area (Å²) in [4.78, 5) is 11.6. The molecule has 0 saturated heterocycles. The first-order valence-corrected chi connectivity index (χ1v) is 5.17. The van der Waals surface area contributed by atoms with Crippen LogP contribution in [0.25, 0.3) is 0 Å². The largest absolute Gasteiger partial charge is 0.496 e. The molecule has 4 nitrogen and oxygen atoms in total. The second-order valence-electron chi connectivity index (χ2n) is 3.61. The predicted octanol–water partition coefficient (Wildman–Crippen LogP) is 1.60. The summed E-state index contributed by atoms with van der Waals surface area (Å²) in [5.41, 5.74) is -2.30. The van der Waals surface area contributed by atoms with Gasteiger partial charge in [0.25, 0.3) is 0 Å². The number of carbonyl (C=O) groups is 1. The Bertz CT molecular complexity index is 415. The third-order valence-electron chi connectivity index (χ3n) is 2.36. The number of benzene rings is 1. The Morgan fingerprint density at radius 3 is 2.71 bits per heavy atom. The number of rotatable bonds is 4. The van der Waals surface area contributed by atoms with Crippen molar-refractivity contribution in [3.05, 3.63) is 29.6 Å². The van der Waals surface area contributed by atoms with Crippen LogP contribution >= 0.6 is 0 Å². The summed E-state index contributed by atoms with van der Waals surface area (Å²) in [6.07, 6.45) is 0. The molecule has 0 heterocycles. The first-order valence-electron chi connectivity index (χ1n) is 5.17. The van der Waals surface area contributed by atoms with Crippen molar-refractivity contribution in [2.24, 2.45) is 0 Å². The predicted molar refractivity (Wildman–Crippen MR) is 59.2 cm³/mol. The molecule has 1 N–H and O–H groups in total. The topological polar surface area (TPSA) is 55.8 Å². The maximum atomic E-state index is 13.7. The van der Waals surface area contributed by atoms with E-state index in [0.29, 0.717) is 0 Å². The molecule has 0 fully saturated rings. The van der Waals surface area contributed by atoms with Crippen LogP contribution in [0.4, 0.5) is 4.39 Å². The number of carbonyl (C=O) groups excluding carboxylic acids is 1. The Kier molecular flexibility index (Phi) is 4.07. The van der Waals surface area contributed by atoms with Gasteiger partial charge >= 0.3 is 5.97 Å². The summed E-state index contributed by atoms with van der Waals surface area (Å²) in [6, 6.07) is 4.04. The maximum Gasteiger partial charge on any atom is 0.342 e. The highest BCUT2D eigenvalue weighted by Gasteiger charge is 2.39. The lowest BCUT2D eigenvalue weighted by Gasteiger charge is -2.23. The molecule has 0 spiro atoms. The first-order chi connectivity index (χ1) is 7.95. The molecule has 0 aromatic heterocycles. The molecule has 0 aliphatic rings. The number of aliphatic hydroxyl groups is 1. The highest BCUT2D eigenvalue weighted by atomic mass is 19.1. The van der Waals surface area contributed by atoms with E-state index in [1.54, 1.807) is 6.92 Å². The van der Waals surface area contributed by atoms with Crippen molar-refractivity contribution in [1.29, 1.82) is 0 Å². The smallest absolute Gasteiger partial charge is 0.342 e. The van der Waals surface area contributed by atoms with Crippen molar-refractivity contribution in [2.75, 3.05) is 13.7 Å². The van der Waals surface area contributed by atoms with E-state index in [9.17, 15) is 14.3 Å². The van der Waals surface area contributed by atoms with E-state index in [0.717, 1.165) is 6.07 Å². The minimum absolute atomic E-state index is 0.100. The van der Waals surface area contributed by atoms with Gasteiger partial charge in [0.15, 0.2) is 5.60 Å². The molecule has 1 unspecified atom stereocenters. The van der Waals surface area contributed by atoms with Crippen molar-refractivity contribution in [2.45, 2.75) is 19.4 Å². The third kappa shape index (κ3) is 2.55. The van der Waals surface area contributed by atoms with Gasteiger partial charge in [-0.2, -0.15) is 0 Å². The maximum absolute atomic E-state index is 13.7. The SMILES string of the molecule is CCOC(=O)C(C)(O)c1c(F)cccc1OC. The Labute approximate surface area is 99.0 Å². The first kappa shape index (κ1) is 13.4. The minimum atomic E-state index is -2.08. The van der Waals surface area contributed by atoms with Gasteiger partial charge in [-0.25, -0.2) is 9.18 Å². The Hall–Kier alpha value is -1.62. The molecule has 0 radical (unpaired) electrons. The number of methoxy groups -OCH3 is 1. The van der Waals surface area contributed by atoms with Crippen LogP contribution in [0.1, 0.15) is 19.4 Å². The molecule has 1 atom stereocenters. The molecule has 0 bridgehead atoms. The minimum Gasteiger partial charge on any atom is -0.496 e. The lowest BCUT2D eigenvalue weighted by Crippen LogP contribution is -2.35. The van der Waals surface area contributed by atoms with Crippen LogP contribution in [0.3, 0.4) is 0 Å². The van der Waals surface area contributed by atoms with E-state index in [4.69, 9.17) is 9.47 Å². The highest BCUT2D eigenvalue weighted by molar-refractivity contribution is 5.81. The summed E-state index contributed by atoms with van der Waals surface area (Å²) in [5.74, 6) is -1.53. The second kappa shape index (κ2) is 5.14. The molecule has 0 amide bonds. The number of halogens is 1. The lowest BCUT2D eigenvalue weighted by atomic mass is 9.94. The van der Waals surface area contributed by atoms with Crippen molar-refractivity contribution >= 4 is 5.97 Å². The average molecular weight is 242 g/mol.